The zero-order chi connectivity index (χ0) is 17.0. The first-order valence-electron chi connectivity index (χ1n) is 8.98. The van der Waals surface area contributed by atoms with E-state index in [1.54, 1.807) is 0 Å². The summed E-state index contributed by atoms with van der Waals surface area (Å²) in [6.45, 7) is 5.92. The van der Waals surface area contributed by atoms with Crippen LogP contribution in [0.1, 0.15) is 38.3 Å². The van der Waals surface area contributed by atoms with E-state index in [0.717, 1.165) is 41.5 Å². The minimum atomic E-state index is 0.207. The molecule has 1 saturated carbocycles. The van der Waals surface area contributed by atoms with Gasteiger partial charge in [0.25, 0.3) is 0 Å². The number of ether oxygens (including phenoxy) is 1. The second kappa shape index (κ2) is 5.56. The van der Waals surface area contributed by atoms with Crippen molar-refractivity contribution in [2.45, 2.75) is 44.8 Å². The van der Waals surface area contributed by atoms with Crippen molar-refractivity contribution in [2.75, 3.05) is 18.0 Å². The average molecular weight is 338 g/mol. The van der Waals surface area contributed by atoms with Gasteiger partial charge >= 0.3 is 0 Å². The predicted octanol–water partition coefficient (Wildman–Crippen LogP) is 2.61. The maximum absolute atomic E-state index is 5.84. The second-order valence-corrected chi connectivity index (χ2v) is 7.23. The van der Waals surface area contributed by atoms with Gasteiger partial charge in [0, 0.05) is 30.8 Å². The normalized spacial score (nSPS) is 24.2. The molecular weight excluding hydrogens is 316 g/mol. The summed E-state index contributed by atoms with van der Waals surface area (Å²) >= 11 is 0. The van der Waals surface area contributed by atoms with E-state index >= 15 is 0 Å². The number of hydrogen-bond donors (Lipinski definition) is 1. The average Bonchev–Trinajstić information content (AvgIpc) is 3.17. The SMILES string of the molecule is C[C@@H]1CN(c2ccc3ncc(-c4c[nH]nc4C4CC4)n3n2)C[C@H](C)O1. The molecular formula is C18H22N6O. The van der Waals surface area contributed by atoms with Gasteiger partial charge in [-0.2, -0.15) is 5.10 Å². The molecule has 1 aliphatic heterocycles. The molecule has 0 unspecified atom stereocenters. The van der Waals surface area contributed by atoms with Gasteiger partial charge in [0.15, 0.2) is 5.65 Å². The molecule has 0 aromatic carbocycles. The quantitative estimate of drug-likeness (QED) is 0.795. The summed E-state index contributed by atoms with van der Waals surface area (Å²) in [5.74, 6) is 1.54. The van der Waals surface area contributed by atoms with Crippen LogP contribution in [-0.2, 0) is 4.74 Å². The number of anilines is 1. The van der Waals surface area contributed by atoms with Crippen LogP contribution in [0.4, 0.5) is 5.82 Å². The molecule has 2 atom stereocenters. The van der Waals surface area contributed by atoms with E-state index in [1.807, 2.05) is 29.0 Å². The zero-order valence-electron chi connectivity index (χ0n) is 14.5. The molecule has 1 aliphatic carbocycles. The Balaban J connectivity index is 1.56. The first kappa shape index (κ1) is 14.9. The van der Waals surface area contributed by atoms with Crippen LogP contribution in [0.2, 0.25) is 0 Å². The first-order valence-corrected chi connectivity index (χ1v) is 8.98. The van der Waals surface area contributed by atoms with Gasteiger partial charge in [0.05, 0.1) is 29.8 Å². The Kier molecular flexibility index (Phi) is 3.31. The molecule has 0 amide bonds. The van der Waals surface area contributed by atoms with Crippen LogP contribution >= 0.6 is 0 Å². The van der Waals surface area contributed by atoms with E-state index in [0.29, 0.717) is 5.92 Å². The highest BCUT2D eigenvalue weighted by molar-refractivity contribution is 5.66. The van der Waals surface area contributed by atoms with Crippen molar-refractivity contribution in [3.05, 3.63) is 30.2 Å². The Hall–Kier alpha value is -2.41. The molecule has 0 spiro atoms. The fourth-order valence-electron chi connectivity index (χ4n) is 3.75. The van der Waals surface area contributed by atoms with E-state index < -0.39 is 0 Å². The number of H-pyrrole nitrogens is 1. The van der Waals surface area contributed by atoms with Crippen molar-refractivity contribution in [1.29, 1.82) is 0 Å². The lowest BCUT2D eigenvalue weighted by atomic mass is 10.1. The van der Waals surface area contributed by atoms with E-state index in [-0.39, 0.29) is 12.2 Å². The van der Waals surface area contributed by atoms with Crippen LogP contribution in [0.3, 0.4) is 0 Å². The van der Waals surface area contributed by atoms with Crippen LogP contribution in [0.15, 0.2) is 24.5 Å². The van der Waals surface area contributed by atoms with Crippen molar-refractivity contribution in [3.8, 4) is 11.3 Å². The van der Waals surface area contributed by atoms with Gasteiger partial charge < -0.3 is 9.64 Å². The monoisotopic (exact) mass is 338 g/mol. The fourth-order valence-corrected chi connectivity index (χ4v) is 3.75. The van der Waals surface area contributed by atoms with E-state index in [2.05, 4.69) is 33.9 Å². The van der Waals surface area contributed by atoms with Gasteiger partial charge in [0.2, 0.25) is 0 Å². The maximum atomic E-state index is 5.84. The summed E-state index contributed by atoms with van der Waals surface area (Å²) in [4.78, 5) is 6.82. The Morgan fingerprint density at radius 1 is 1.16 bits per heavy atom. The van der Waals surface area contributed by atoms with Crippen LogP contribution in [0.25, 0.3) is 16.9 Å². The van der Waals surface area contributed by atoms with Gasteiger partial charge in [-0.05, 0) is 38.8 Å². The Bertz CT molecular complexity index is 901. The molecule has 2 fully saturated rings. The minimum Gasteiger partial charge on any atom is -0.372 e. The van der Waals surface area contributed by atoms with Crippen molar-refractivity contribution in [2.24, 2.45) is 0 Å². The van der Waals surface area contributed by atoms with Gasteiger partial charge in [0.1, 0.15) is 5.82 Å². The Labute approximate surface area is 146 Å². The zero-order valence-corrected chi connectivity index (χ0v) is 14.5. The summed E-state index contributed by atoms with van der Waals surface area (Å²) in [6, 6.07) is 4.08. The van der Waals surface area contributed by atoms with Crippen LogP contribution < -0.4 is 4.90 Å². The lowest BCUT2D eigenvalue weighted by Gasteiger charge is -2.35. The predicted molar refractivity (Wildman–Crippen MR) is 94.8 cm³/mol. The van der Waals surface area contributed by atoms with Crippen molar-refractivity contribution in [1.82, 2.24) is 24.8 Å². The number of fused-ring (bicyclic) bond motifs is 1. The third-order valence-electron chi connectivity index (χ3n) is 5.00. The molecule has 7 nitrogen and oxygen atoms in total. The van der Waals surface area contributed by atoms with E-state index in [1.165, 1.54) is 12.8 Å². The highest BCUT2D eigenvalue weighted by Crippen LogP contribution is 2.43. The van der Waals surface area contributed by atoms with Gasteiger partial charge in [-0.1, -0.05) is 0 Å². The second-order valence-electron chi connectivity index (χ2n) is 7.23. The molecule has 3 aromatic rings. The molecule has 7 heteroatoms. The van der Waals surface area contributed by atoms with Crippen molar-refractivity contribution >= 4 is 11.5 Å². The lowest BCUT2D eigenvalue weighted by molar-refractivity contribution is -0.00551. The molecule has 1 N–H and O–H groups in total. The molecule has 1 saturated heterocycles. The third kappa shape index (κ3) is 2.59. The van der Waals surface area contributed by atoms with Crippen molar-refractivity contribution in [3.63, 3.8) is 0 Å². The molecule has 3 aromatic heterocycles. The molecule has 4 heterocycles. The molecule has 130 valence electrons. The van der Waals surface area contributed by atoms with Crippen LogP contribution in [-0.4, -0.2) is 50.1 Å². The standard InChI is InChI=1S/C18H22N6O/c1-11-9-23(10-12(2)25-11)17-6-5-16-19-8-15(24(16)22-17)14-7-20-21-18(14)13-3-4-13/h5-8,11-13H,3-4,9-10H2,1-2H3,(H,20,21)/t11-,12+. The smallest absolute Gasteiger partial charge is 0.154 e. The fraction of sp³-hybridized carbons (Fsp3) is 0.500. The summed E-state index contributed by atoms with van der Waals surface area (Å²) < 4.78 is 7.78. The minimum absolute atomic E-state index is 0.207. The topological polar surface area (TPSA) is 71.3 Å². The molecule has 0 radical (unpaired) electrons. The molecule has 2 aliphatic rings. The highest BCUT2D eigenvalue weighted by atomic mass is 16.5. The summed E-state index contributed by atoms with van der Waals surface area (Å²) in [7, 11) is 0. The van der Waals surface area contributed by atoms with Crippen LogP contribution in [0.5, 0.6) is 0 Å². The highest BCUT2D eigenvalue weighted by Gasteiger charge is 2.30. The number of morpholine rings is 1. The van der Waals surface area contributed by atoms with Crippen LogP contribution in [0, 0.1) is 0 Å². The van der Waals surface area contributed by atoms with Gasteiger partial charge in [-0.3, -0.25) is 5.10 Å². The molecule has 5 rings (SSSR count). The lowest BCUT2D eigenvalue weighted by Crippen LogP contribution is -2.46. The number of imidazole rings is 1. The van der Waals surface area contributed by atoms with Gasteiger partial charge in [-0.15, -0.1) is 5.10 Å². The number of nitrogens with zero attached hydrogens (tertiary/aromatic N) is 5. The maximum Gasteiger partial charge on any atom is 0.154 e. The van der Waals surface area contributed by atoms with Gasteiger partial charge in [-0.25, -0.2) is 9.50 Å². The molecule has 25 heavy (non-hydrogen) atoms. The first-order chi connectivity index (χ1) is 12.2. The largest absolute Gasteiger partial charge is 0.372 e. The third-order valence-corrected chi connectivity index (χ3v) is 5.00. The summed E-state index contributed by atoms with van der Waals surface area (Å²) in [6.07, 6.45) is 6.71. The summed E-state index contributed by atoms with van der Waals surface area (Å²) in [5, 5.41) is 12.4. The summed E-state index contributed by atoms with van der Waals surface area (Å²) in [5.41, 5.74) is 4.11. The number of rotatable bonds is 3. The van der Waals surface area contributed by atoms with Crippen molar-refractivity contribution < 1.29 is 4.74 Å². The number of hydrogen-bond acceptors (Lipinski definition) is 5. The Morgan fingerprint density at radius 3 is 2.72 bits per heavy atom. The number of aromatic amines is 1. The Morgan fingerprint density at radius 2 is 1.96 bits per heavy atom. The number of nitrogens with one attached hydrogen (secondary N) is 1. The molecule has 0 bridgehead atoms. The van der Waals surface area contributed by atoms with E-state index in [4.69, 9.17) is 9.84 Å². The van der Waals surface area contributed by atoms with E-state index in [9.17, 15) is 0 Å². The number of aromatic nitrogens is 5.